The van der Waals surface area contributed by atoms with Crippen molar-refractivity contribution >= 4 is 34.3 Å². The molecule has 9 heteroatoms. The molecule has 6 rings (SSSR count). The number of nitrogens with zero attached hydrogens (tertiary/aromatic N) is 4. The van der Waals surface area contributed by atoms with Crippen LogP contribution in [0.25, 0.3) is 17.0 Å². The smallest absolute Gasteiger partial charge is 0.338 e. The number of esters is 1. The van der Waals surface area contributed by atoms with Crippen molar-refractivity contribution in [3.05, 3.63) is 132 Å². The summed E-state index contributed by atoms with van der Waals surface area (Å²) in [7, 11) is 1.59. The molecule has 0 fully saturated rings. The van der Waals surface area contributed by atoms with Crippen molar-refractivity contribution in [1.82, 2.24) is 9.13 Å². The van der Waals surface area contributed by atoms with Crippen LogP contribution < -0.4 is 19.6 Å². The molecule has 2 aromatic heterocycles. The Morgan fingerprint density at radius 3 is 2.58 bits per heavy atom. The van der Waals surface area contributed by atoms with Crippen LogP contribution in [0.4, 0.5) is 0 Å². The fourth-order valence-corrected chi connectivity index (χ4v) is 6.54. The van der Waals surface area contributed by atoms with E-state index in [-0.39, 0.29) is 12.2 Å². The SMILES string of the molecule is CCOC(=O)C1=C(C)N=c2sc(=Cc3cn(Cc4ccccc4C#N)c4ccccc34)c(=O)n2[C@H]1c1ccc(OC)cc1. The van der Waals surface area contributed by atoms with Gasteiger partial charge in [0.2, 0.25) is 0 Å². The van der Waals surface area contributed by atoms with Crippen LogP contribution in [0.2, 0.25) is 0 Å². The number of hydrogen-bond acceptors (Lipinski definition) is 7. The molecule has 0 aliphatic carbocycles. The first-order valence-electron chi connectivity index (χ1n) is 13.8. The van der Waals surface area contributed by atoms with Gasteiger partial charge in [-0.3, -0.25) is 9.36 Å². The minimum atomic E-state index is -0.702. The van der Waals surface area contributed by atoms with E-state index >= 15 is 0 Å². The number of allylic oxidation sites excluding steroid dienone is 1. The quantitative estimate of drug-likeness (QED) is 0.257. The van der Waals surface area contributed by atoms with Crippen LogP contribution in [-0.2, 0) is 16.1 Å². The number of nitriles is 1. The summed E-state index contributed by atoms with van der Waals surface area (Å²) in [5.74, 6) is 0.169. The maximum atomic E-state index is 14.1. The molecular weight excluding hydrogens is 560 g/mol. The third-order valence-corrected chi connectivity index (χ3v) is 8.52. The lowest BCUT2D eigenvalue weighted by Gasteiger charge is -2.24. The molecule has 0 radical (unpaired) electrons. The van der Waals surface area contributed by atoms with E-state index in [0.29, 0.717) is 38.5 Å². The molecule has 3 heterocycles. The van der Waals surface area contributed by atoms with Crippen LogP contribution in [0.15, 0.2) is 100 Å². The molecule has 0 amide bonds. The van der Waals surface area contributed by atoms with Gasteiger partial charge in [-0.2, -0.15) is 5.26 Å². The van der Waals surface area contributed by atoms with Crippen molar-refractivity contribution in [2.75, 3.05) is 13.7 Å². The summed E-state index contributed by atoms with van der Waals surface area (Å²) >= 11 is 1.29. The number of fused-ring (bicyclic) bond motifs is 2. The second-order valence-corrected chi connectivity index (χ2v) is 11.1. The zero-order chi connectivity index (χ0) is 30.1. The van der Waals surface area contributed by atoms with Gasteiger partial charge in [0, 0.05) is 29.2 Å². The number of rotatable bonds is 7. The van der Waals surface area contributed by atoms with Gasteiger partial charge in [-0.05, 0) is 55.3 Å². The Labute approximate surface area is 251 Å². The molecule has 0 N–H and O–H groups in total. The normalized spacial score (nSPS) is 14.7. The van der Waals surface area contributed by atoms with Crippen LogP contribution in [0, 0.1) is 11.3 Å². The van der Waals surface area contributed by atoms with Crippen LogP contribution in [0.3, 0.4) is 0 Å². The predicted molar refractivity (Wildman–Crippen MR) is 166 cm³/mol. The number of methoxy groups -OCH3 is 1. The molecule has 0 spiro atoms. The maximum absolute atomic E-state index is 14.1. The highest BCUT2D eigenvalue weighted by atomic mass is 32.1. The molecule has 0 bridgehead atoms. The zero-order valence-corrected chi connectivity index (χ0v) is 24.7. The molecule has 1 aliphatic heterocycles. The lowest BCUT2D eigenvalue weighted by Crippen LogP contribution is -2.39. The van der Waals surface area contributed by atoms with Gasteiger partial charge in [-0.15, -0.1) is 0 Å². The zero-order valence-electron chi connectivity index (χ0n) is 23.9. The summed E-state index contributed by atoms with van der Waals surface area (Å²) in [5, 5.41) is 10.6. The third-order valence-electron chi connectivity index (χ3n) is 7.53. The monoisotopic (exact) mass is 588 g/mol. The summed E-state index contributed by atoms with van der Waals surface area (Å²) in [6.07, 6.45) is 3.89. The molecule has 1 aliphatic rings. The number of para-hydroxylation sites is 1. The highest BCUT2D eigenvalue weighted by Gasteiger charge is 2.33. The first-order chi connectivity index (χ1) is 20.9. The van der Waals surface area contributed by atoms with Crippen molar-refractivity contribution < 1.29 is 14.3 Å². The van der Waals surface area contributed by atoms with E-state index in [9.17, 15) is 14.9 Å². The van der Waals surface area contributed by atoms with Gasteiger partial charge in [0.25, 0.3) is 5.56 Å². The van der Waals surface area contributed by atoms with Gasteiger partial charge in [0.05, 0.1) is 47.2 Å². The molecule has 0 saturated carbocycles. The van der Waals surface area contributed by atoms with Gasteiger partial charge in [-0.1, -0.05) is 59.9 Å². The number of hydrogen-bond donors (Lipinski definition) is 0. The molecule has 1 atom stereocenters. The van der Waals surface area contributed by atoms with Gasteiger partial charge < -0.3 is 14.0 Å². The second kappa shape index (κ2) is 11.6. The molecule has 0 saturated heterocycles. The first-order valence-corrected chi connectivity index (χ1v) is 14.6. The van der Waals surface area contributed by atoms with Crippen LogP contribution in [-0.4, -0.2) is 28.8 Å². The highest BCUT2D eigenvalue weighted by molar-refractivity contribution is 7.07. The van der Waals surface area contributed by atoms with Gasteiger partial charge in [0.1, 0.15) is 5.75 Å². The van der Waals surface area contributed by atoms with Crippen LogP contribution in [0.5, 0.6) is 5.75 Å². The Kier molecular flexibility index (Phi) is 7.53. The second-order valence-electron chi connectivity index (χ2n) is 10.1. The van der Waals surface area contributed by atoms with Crippen LogP contribution in [0.1, 0.15) is 42.1 Å². The van der Waals surface area contributed by atoms with Crippen molar-refractivity contribution in [2.45, 2.75) is 26.4 Å². The summed E-state index contributed by atoms with van der Waals surface area (Å²) in [4.78, 5) is 32.5. The Morgan fingerprint density at radius 1 is 1.09 bits per heavy atom. The minimum absolute atomic E-state index is 0.207. The van der Waals surface area contributed by atoms with Gasteiger partial charge >= 0.3 is 5.97 Å². The van der Waals surface area contributed by atoms with Crippen molar-refractivity contribution in [1.29, 1.82) is 5.26 Å². The van der Waals surface area contributed by atoms with E-state index in [4.69, 9.17) is 9.47 Å². The van der Waals surface area contributed by atoms with E-state index in [1.165, 1.54) is 11.3 Å². The Morgan fingerprint density at radius 2 is 1.84 bits per heavy atom. The number of ether oxygens (including phenoxy) is 2. The highest BCUT2D eigenvalue weighted by Crippen LogP contribution is 2.32. The summed E-state index contributed by atoms with van der Waals surface area (Å²) < 4.78 is 14.9. The van der Waals surface area contributed by atoms with E-state index in [0.717, 1.165) is 27.6 Å². The molecule has 3 aromatic carbocycles. The fraction of sp³-hybridized carbons (Fsp3) is 0.176. The molecule has 8 nitrogen and oxygen atoms in total. The van der Waals surface area contributed by atoms with E-state index in [1.807, 2.05) is 85.1 Å². The first kappa shape index (κ1) is 27.9. The van der Waals surface area contributed by atoms with Crippen molar-refractivity contribution in [2.24, 2.45) is 4.99 Å². The Bertz CT molecular complexity index is 2130. The van der Waals surface area contributed by atoms with E-state index < -0.39 is 12.0 Å². The van der Waals surface area contributed by atoms with Gasteiger partial charge in [0.15, 0.2) is 4.80 Å². The van der Waals surface area contributed by atoms with Crippen LogP contribution >= 0.6 is 11.3 Å². The number of thiazole rings is 1. The molecule has 5 aromatic rings. The lowest BCUT2D eigenvalue weighted by molar-refractivity contribution is -0.139. The summed E-state index contributed by atoms with van der Waals surface area (Å²) in [5.41, 5.74) is 4.76. The third kappa shape index (κ3) is 5.07. The average molecular weight is 589 g/mol. The number of carbonyl (C=O) groups excluding carboxylic acids is 1. The Balaban J connectivity index is 1.51. The molecule has 0 unspecified atom stereocenters. The Hall–Kier alpha value is -5.20. The fourth-order valence-electron chi connectivity index (χ4n) is 5.51. The summed E-state index contributed by atoms with van der Waals surface area (Å²) in [6.45, 7) is 4.24. The topological polar surface area (TPSA) is 98.6 Å². The average Bonchev–Trinajstić information content (AvgIpc) is 3.53. The van der Waals surface area contributed by atoms with Gasteiger partial charge in [-0.25, -0.2) is 9.79 Å². The van der Waals surface area contributed by atoms with Crippen molar-refractivity contribution in [3.8, 4) is 11.8 Å². The number of aromatic nitrogens is 2. The van der Waals surface area contributed by atoms with E-state index in [2.05, 4.69) is 15.6 Å². The summed E-state index contributed by atoms with van der Waals surface area (Å²) in [6, 6.07) is 24.4. The minimum Gasteiger partial charge on any atom is -0.497 e. The lowest BCUT2D eigenvalue weighted by atomic mass is 9.96. The largest absolute Gasteiger partial charge is 0.497 e. The molecule has 43 heavy (non-hydrogen) atoms. The van der Waals surface area contributed by atoms with Crippen molar-refractivity contribution in [3.63, 3.8) is 0 Å². The maximum Gasteiger partial charge on any atom is 0.338 e. The molecule has 214 valence electrons. The molecular formula is C34H28N4O4S. The van der Waals surface area contributed by atoms with E-state index in [1.54, 1.807) is 25.5 Å². The number of carbonyl (C=O) groups is 1. The number of benzene rings is 3. The standard InChI is InChI=1S/C34H28N4O4S/c1-4-42-33(40)30-21(2)36-34-38(31(30)22-13-15-26(41-3)16-14-22)32(39)29(43-34)17-25-20-37(28-12-8-7-11-27(25)28)19-24-10-6-5-9-23(24)18-35/h5-17,20,31H,4,19H2,1-3H3/t31-/m0/s1. The predicted octanol–water partition coefficient (Wildman–Crippen LogP) is 4.68.